The summed E-state index contributed by atoms with van der Waals surface area (Å²) in [6, 6.07) is 0. The van der Waals surface area contributed by atoms with Crippen LogP contribution in [0.2, 0.25) is 0 Å². The summed E-state index contributed by atoms with van der Waals surface area (Å²) in [5.41, 5.74) is 86.5. The Morgan fingerprint density at radius 2 is 0.396 bits per heavy atom. The Morgan fingerprint density at radius 3 is 0.738 bits per heavy atom. The Balaban J connectivity index is 0.000000159. The number of hydrogen-bond acceptors (Lipinski definition) is 6. The third-order valence-corrected chi connectivity index (χ3v) is 41.0. The molecule has 0 aliphatic heterocycles. The molecule has 12 heteroatoms. The summed E-state index contributed by atoms with van der Waals surface area (Å²) < 4.78 is 13.6. The van der Waals surface area contributed by atoms with Crippen LogP contribution in [0.5, 0.6) is 0 Å². The number of aryl methyl sites for hydroxylation is 20. The number of benzene rings is 11. The van der Waals surface area contributed by atoms with Gasteiger partial charge in [0, 0.05) is 57.5 Å². The summed E-state index contributed by atoms with van der Waals surface area (Å²) in [5, 5.41) is 39.2. The molecule has 6 aromatic heterocycles. The molecule has 1 aliphatic carbocycles. The van der Waals surface area contributed by atoms with Crippen LogP contribution in [-0.4, -0.2) is 58.7 Å². The molecule has 0 atom stereocenters. The Kier molecular flexibility index (Phi) is 27.9. The summed E-state index contributed by atoms with van der Waals surface area (Å²) in [4.78, 5) is 0. The lowest BCUT2D eigenvalue weighted by atomic mass is 9.62. The topological polar surface area (TPSA) is 107 Å². The van der Waals surface area contributed by atoms with Gasteiger partial charge in [-0.15, -0.1) is 0 Å². The van der Waals surface area contributed by atoms with E-state index in [1.165, 1.54) is 366 Å². The van der Waals surface area contributed by atoms with Crippen molar-refractivity contribution >= 4 is 65.4 Å². The van der Waals surface area contributed by atoms with E-state index in [0.717, 1.165) is 34.2 Å². The highest BCUT2D eigenvalue weighted by Gasteiger charge is 2.56. The summed E-state index contributed by atoms with van der Waals surface area (Å²) >= 11 is 0. The van der Waals surface area contributed by atoms with Gasteiger partial charge < -0.3 is 0 Å². The van der Waals surface area contributed by atoms with Crippen LogP contribution in [0.4, 0.5) is 0 Å². The molecule has 0 amide bonds. The van der Waals surface area contributed by atoms with Crippen LogP contribution in [0.3, 0.4) is 0 Å². The number of fused-ring (bicyclic) bond motifs is 9. The Morgan fingerprint density at radius 1 is 0.174 bits per heavy atom. The van der Waals surface area contributed by atoms with Gasteiger partial charge in [-0.25, -0.2) is 14.0 Å². The summed E-state index contributed by atoms with van der Waals surface area (Å²) in [6.07, 6.45) is 0. The highest BCUT2D eigenvalue weighted by atomic mass is 15.5. The van der Waals surface area contributed by atoms with E-state index in [2.05, 4.69) is 434 Å². The first-order chi connectivity index (χ1) is 68.7. The van der Waals surface area contributed by atoms with Crippen molar-refractivity contribution in [1.29, 1.82) is 0 Å². The SMILES string of the molecule is Cc1c(C)c(-c2c(C)c(C)c3c(c(C)nn3C)c2C)c(C)c(C)c1-c1c(C)c(C)c2c(c(C)nn2C)c1C.Cc1c(C)c(C(C)(C)C(C)(C)C)c(C)c(C)c1-n1nc(C)c2c(C)c(C)c(C)c(C)c21.Cc1c(C)c(C)c(-c2c(C)c(C)c3c(c2C)C(n2nc(C)c4c(C)c(C)c(C)c(C)c42)(n2nc(C)c4c(C)c(C)c(C)c(C)c42)c2c(C)c(C)c(C)c(C)c2-3)c(C)c1C.Cc1c(C)c(C)c2c(c(C)nn2C(C)(C)C(C)(C)C)c1C. The molecule has 18 rings (SSSR count). The van der Waals surface area contributed by atoms with Gasteiger partial charge in [-0.2, -0.15) is 30.6 Å². The monoisotopic (exact) mass is 1990 g/mol. The lowest BCUT2D eigenvalue weighted by Crippen LogP contribution is -2.45. The zero-order valence-electron chi connectivity index (χ0n) is 104. The van der Waals surface area contributed by atoms with Gasteiger partial charge in [0.05, 0.1) is 78.5 Å². The van der Waals surface area contributed by atoms with E-state index < -0.39 is 5.66 Å². The predicted octanol–water partition coefficient (Wildman–Crippen LogP) is 36.1. The van der Waals surface area contributed by atoms with Crippen LogP contribution in [0.25, 0.3) is 116 Å². The molecular formula is C137H180N12. The fourth-order valence-corrected chi connectivity index (χ4v) is 27.6. The molecule has 11 aromatic carbocycles. The standard InChI is InChI=1S/C55H66N4.C34H42N4.C29H42N2.C19H30N2/c1-23-24(2)32(10)45(33(11)25(23)3)46-37(15)38(16)50-49-36(14)26(4)29(7)39(17)51(49)55(52(50)42(46)20,58-53-40(18)30(8)27(5)34(12)47(53)43(21)56-58)59-54-41(19)31(9)28(6)35(13)48(54)44(22)57-59;1-15-16(2)28(30-20(6)22(8)34-32(24(30)10)26(12)36-38(34)14)18(4)17(3)27(15)29-19(5)21(7)33-31(23(29)9)25(11)35-37(33)13;1-15-16(2)20(6)27-24(17(15)3)23(9)30-31(27)26-21(7)18(4)25(19(5)22(26)8)29(13,14)28(10,11)12;1-11-12(2)14(4)17-16(13(11)3)15(5)20-21(17)19(9,10)18(6,7)8/h1-22H3;1-14H3;1-14H3;1-10H3. The summed E-state index contributed by atoms with van der Waals surface area (Å²) in [5.74, 6) is 0. The molecule has 17 aromatic rings. The lowest BCUT2D eigenvalue weighted by molar-refractivity contribution is 0.129. The minimum Gasteiger partial charge on any atom is -0.267 e. The maximum absolute atomic E-state index is 5.88. The number of hydrogen-bond donors (Lipinski definition) is 0. The molecule has 0 saturated carbocycles. The summed E-state index contributed by atoms with van der Waals surface area (Å²) in [6.45, 7) is 133. The smallest absolute Gasteiger partial charge is 0.208 e. The quantitative estimate of drug-likeness (QED) is 0.150. The maximum atomic E-state index is 5.88. The van der Waals surface area contributed by atoms with Crippen LogP contribution in [0.1, 0.15) is 354 Å². The van der Waals surface area contributed by atoms with E-state index >= 15 is 0 Å². The molecule has 0 unspecified atom stereocenters. The first kappa shape index (κ1) is 111. The molecule has 0 spiro atoms. The zero-order chi connectivity index (χ0) is 112. The van der Waals surface area contributed by atoms with E-state index in [1.54, 1.807) is 0 Å². The number of rotatable bonds is 8. The largest absolute Gasteiger partial charge is 0.267 e. The number of nitrogens with zero attached hydrogens (tertiary/aromatic N) is 12. The number of aromatic nitrogens is 12. The van der Waals surface area contributed by atoms with Crippen LogP contribution in [0, 0.1) is 343 Å². The fraction of sp³-hybridized carbons (Fsp3) is 0.474. The van der Waals surface area contributed by atoms with Gasteiger partial charge in [-0.05, 0) is 646 Å². The van der Waals surface area contributed by atoms with Crippen molar-refractivity contribution in [2.24, 2.45) is 24.9 Å². The van der Waals surface area contributed by atoms with Crippen molar-refractivity contribution in [3.05, 3.63) is 285 Å². The van der Waals surface area contributed by atoms with Crippen molar-refractivity contribution in [1.82, 2.24) is 58.7 Å². The minimum absolute atomic E-state index is 0.0432. The van der Waals surface area contributed by atoms with Crippen molar-refractivity contribution < 1.29 is 0 Å². The third-order valence-electron chi connectivity index (χ3n) is 41.0. The Bertz CT molecular complexity index is 8420. The van der Waals surface area contributed by atoms with Gasteiger partial charge in [0.2, 0.25) is 5.66 Å². The average Bonchev–Trinajstić information content (AvgIpc) is 1.48. The van der Waals surface area contributed by atoms with Gasteiger partial charge in [0.25, 0.3) is 0 Å². The van der Waals surface area contributed by atoms with Gasteiger partial charge in [0.15, 0.2) is 0 Å². The minimum atomic E-state index is -0.970. The molecule has 0 bridgehead atoms. The lowest BCUT2D eigenvalue weighted by Gasteiger charge is -2.42. The Hall–Kier alpha value is -11.8. The van der Waals surface area contributed by atoms with Crippen LogP contribution in [0.15, 0.2) is 0 Å². The van der Waals surface area contributed by atoms with E-state index in [9.17, 15) is 0 Å². The molecular weight excluding hydrogens is 1810 g/mol. The molecule has 149 heavy (non-hydrogen) atoms. The molecule has 12 nitrogen and oxygen atoms in total. The van der Waals surface area contributed by atoms with Crippen LogP contribution >= 0.6 is 0 Å². The van der Waals surface area contributed by atoms with E-state index in [4.69, 9.17) is 30.6 Å². The van der Waals surface area contributed by atoms with Gasteiger partial charge in [0.1, 0.15) is 0 Å². The highest BCUT2D eigenvalue weighted by Crippen LogP contribution is 2.62. The molecule has 6 heterocycles. The van der Waals surface area contributed by atoms with Crippen molar-refractivity contribution in [2.45, 2.75) is 418 Å². The van der Waals surface area contributed by atoms with Crippen LogP contribution in [-0.2, 0) is 30.7 Å². The second-order valence-electron chi connectivity index (χ2n) is 49.8. The molecule has 0 fully saturated rings. The van der Waals surface area contributed by atoms with E-state index in [0.29, 0.717) is 0 Å². The zero-order valence-corrected chi connectivity index (χ0v) is 104. The third kappa shape index (κ3) is 15.5. The predicted molar refractivity (Wildman–Crippen MR) is 644 cm³/mol. The molecule has 788 valence electrons. The average molecular weight is 2000 g/mol. The van der Waals surface area contributed by atoms with Crippen molar-refractivity contribution in [2.75, 3.05) is 0 Å². The van der Waals surface area contributed by atoms with E-state index in [1.807, 2.05) is 9.36 Å². The van der Waals surface area contributed by atoms with Gasteiger partial charge in [-0.3, -0.25) is 14.0 Å². The maximum Gasteiger partial charge on any atom is 0.208 e. The second kappa shape index (κ2) is 37.4. The fourth-order valence-electron chi connectivity index (χ4n) is 27.6. The van der Waals surface area contributed by atoms with Gasteiger partial charge >= 0.3 is 0 Å². The highest BCUT2D eigenvalue weighted by molar-refractivity contribution is 6.04. The first-order valence-corrected chi connectivity index (χ1v) is 54.9. The molecule has 0 N–H and O–H groups in total. The van der Waals surface area contributed by atoms with Crippen molar-refractivity contribution in [3.63, 3.8) is 0 Å². The van der Waals surface area contributed by atoms with Gasteiger partial charge in [-0.1, -0.05) is 55.4 Å². The molecule has 0 saturated heterocycles. The first-order valence-electron chi connectivity index (χ1n) is 54.9. The molecule has 0 radical (unpaired) electrons. The second-order valence-corrected chi connectivity index (χ2v) is 49.8. The van der Waals surface area contributed by atoms with Crippen LogP contribution < -0.4 is 0 Å². The Labute approximate surface area is 895 Å². The summed E-state index contributed by atoms with van der Waals surface area (Å²) in [7, 11) is 4.13. The normalized spacial score (nSPS) is 12.9. The van der Waals surface area contributed by atoms with Crippen molar-refractivity contribution in [3.8, 4) is 50.2 Å². The molecule has 1 aliphatic rings. The van der Waals surface area contributed by atoms with E-state index in [-0.39, 0.29) is 21.8 Å².